The summed E-state index contributed by atoms with van der Waals surface area (Å²) in [5.41, 5.74) is 3.64. The summed E-state index contributed by atoms with van der Waals surface area (Å²) < 4.78 is 2.33. The van der Waals surface area contributed by atoms with Crippen LogP contribution < -0.4 is 5.90 Å². The van der Waals surface area contributed by atoms with Gasteiger partial charge in [-0.25, -0.2) is 5.90 Å². The average Bonchev–Trinajstić information content (AvgIpc) is 2.72. The van der Waals surface area contributed by atoms with Crippen LogP contribution in [0.2, 0.25) is 0 Å². The molecule has 3 heteroatoms. The van der Waals surface area contributed by atoms with E-state index in [9.17, 15) is 0 Å². The van der Waals surface area contributed by atoms with Crippen LogP contribution in [0.15, 0.2) is 42.5 Å². The summed E-state index contributed by atoms with van der Waals surface area (Å²) in [6.45, 7) is 3.58. The summed E-state index contributed by atoms with van der Waals surface area (Å²) in [6, 6.07) is 14.9. The third-order valence-corrected chi connectivity index (χ3v) is 3.40. The zero-order valence-corrected chi connectivity index (χ0v) is 10.4. The molecule has 3 nitrogen and oxygen atoms in total. The number of rotatable bonds is 3. The number of aryl methyl sites for hydroxylation is 1. The molecule has 0 aliphatic heterocycles. The predicted molar refractivity (Wildman–Crippen MR) is 74.1 cm³/mol. The Labute approximate surface area is 106 Å². The van der Waals surface area contributed by atoms with Gasteiger partial charge in [-0.2, -0.15) is 0 Å². The van der Waals surface area contributed by atoms with Crippen LogP contribution in [0.4, 0.5) is 0 Å². The summed E-state index contributed by atoms with van der Waals surface area (Å²) in [7, 11) is 0. The highest BCUT2D eigenvalue weighted by Crippen LogP contribution is 2.29. The van der Waals surface area contributed by atoms with Gasteiger partial charge in [-0.1, -0.05) is 24.3 Å². The van der Waals surface area contributed by atoms with Gasteiger partial charge in [0.1, 0.15) is 0 Å². The molecule has 0 radical (unpaired) electrons. The number of aromatic nitrogens is 1. The number of fused-ring (bicyclic) bond motifs is 3. The Morgan fingerprint density at radius 3 is 2.61 bits per heavy atom. The fraction of sp³-hybridized carbons (Fsp3) is 0.200. The summed E-state index contributed by atoms with van der Waals surface area (Å²) in [6.07, 6.45) is 0. The Kier molecular flexibility index (Phi) is 2.78. The van der Waals surface area contributed by atoms with Crippen molar-refractivity contribution in [2.45, 2.75) is 20.1 Å². The SMILES string of the molecule is CCn1c2ccccc2c2cc(CON)ccc21. The van der Waals surface area contributed by atoms with Crippen LogP contribution in [0, 0.1) is 0 Å². The Balaban J connectivity index is 2.37. The van der Waals surface area contributed by atoms with Crippen LogP contribution in [-0.4, -0.2) is 4.57 Å². The molecule has 0 atom stereocenters. The maximum absolute atomic E-state index is 5.14. The Morgan fingerprint density at radius 1 is 1.06 bits per heavy atom. The van der Waals surface area contributed by atoms with Gasteiger partial charge in [0, 0.05) is 28.4 Å². The van der Waals surface area contributed by atoms with E-state index >= 15 is 0 Å². The van der Waals surface area contributed by atoms with Crippen molar-refractivity contribution in [1.29, 1.82) is 0 Å². The van der Waals surface area contributed by atoms with Crippen LogP contribution in [0.5, 0.6) is 0 Å². The van der Waals surface area contributed by atoms with Crippen LogP contribution in [0.25, 0.3) is 21.8 Å². The monoisotopic (exact) mass is 240 g/mol. The molecule has 0 fully saturated rings. The predicted octanol–water partition coefficient (Wildman–Crippen LogP) is 3.20. The van der Waals surface area contributed by atoms with Crippen molar-refractivity contribution in [3.63, 3.8) is 0 Å². The molecule has 3 rings (SSSR count). The first kappa shape index (κ1) is 11.3. The Bertz CT molecular complexity index is 700. The van der Waals surface area contributed by atoms with Gasteiger partial charge in [0.2, 0.25) is 0 Å². The number of nitrogens with two attached hydrogens (primary N) is 1. The first-order valence-electron chi connectivity index (χ1n) is 6.16. The van der Waals surface area contributed by atoms with E-state index in [-0.39, 0.29) is 0 Å². The quantitative estimate of drug-likeness (QED) is 0.714. The average molecular weight is 240 g/mol. The second-order valence-corrected chi connectivity index (χ2v) is 4.42. The van der Waals surface area contributed by atoms with E-state index in [0.29, 0.717) is 6.61 Å². The normalized spacial score (nSPS) is 11.4. The number of hydrogen-bond acceptors (Lipinski definition) is 2. The molecule has 1 aromatic heterocycles. The second-order valence-electron chi connectivity index (χ2n) is 4.42. The van der Waals surface area contributed by atoms with Crippen molar-refractivity contribution < 1.29 is 4.84 Å². The molecule has 18 heavy (non-hydrogen) atoms. The van der Waals surface area contributed by atoms with Crippen molar-refractivity contribution >= 4 is 21.8 Å². The molecule has 0 bridgehead atoms. The minimum atomic E-state index is 0.446. The van der Waals surface area contributed by atoms with E-state index in [2.05, 4.69) is 54.0 Å². The van der Waals surface area contributed by atoms with Crippen LogP contribution in [0.3, 0.4) is 0 Å². The van der Waals surface area contributed by atoms with Crippen LogP contribution >= 0.6 is 0 Å². The summed E-state index contributed by atoms with van der Waals surface area (Å²) >= 11 is 0. The number of para-hydroxylation sites is 1. The molecule has 0 aliphatic rings. The molecule has 0 saturated carbocycles. The van der Waals surface area contributed by atoms with E-state index in [0.717, 1.165) is 12.1 Å². The standard InChI is InChI=1S/C15H16N2O/c1-2-17-14-6-4-3-5-12(14)13-9-11(10-18-16)7-8-15(13)17/h3-9H,2,10,16H2,1H3. The minimum absolute atomic E-state index is 0.446. The van der Waals surface area contributed by atoms with E-state index < -0.39 is 0 Å². The van der Waals surface area contributed by atoms with Gasteiger partial charge in [-0.15, -0.1) is 0 Å². The Hall–Kier alpha value is -1.84. The molecule has 1 heterocycles. The molecule has 0 aliphatic carbocycles. The molecule has 92 valence electrons. The zero-order chi connectivity index (χ0) is 12.5. The molecule has 0 spiro atoms. The molecule has 0 saturated heterocycles. The maximum atomic E-state index is 5.14. The highest BCUT2D eigenvalue weighted by Gasteiger charge is 2.09. The van der Waals surface area contributed by atoms with Gasteiger partial charge >= 0.3 is 0 Å². The lowest BCUT2D eigenvalue weighted by molar-refractivity contribution is 0.124. The lowest BCUT2D eigenvalue weighted by atomic mass is 10.1. The number of benzene rings is 2. The molecular formula is C15H16N2O. The summed E-state index contributed by atoms with van der Waals surface area (Å²) in [5.74, 6) is 5.14. The fourth-order valence-electron chi connectivity index (χ4n) is 2.63. The van der Waals surface area contributed by atoms with Crippen molar-refractivity contribution in [2.75, 3.05) is 0 Å². The van der Waals surface area contributed by atoms with Gasteiger partial charge < -0.3 is 4.57 Å². The van der Waals surface area contributed by atoms with Gasteiger partial charge in [0.15, 0.2) is 0 Å². The highest BCUT2D eigenvalue weighted by atomic mass is 16.6. The number of hydrogen-bond donors (Lipinski definition) is 1. The van der Waals surface area contributed by atoms with Gasteiger partial charge in [-0.05, 0) is 30.7 Å². The van der Waals surface area contributed by atoms with E-state index in [1.807, 2.05) is 0 Å². The van der Waals surface area contributed by atoms with Crippen LogP contribution in [0.1, 0.15) is 12.5 Å². The van der Waals surface area contributed by atoms with Crippen molar-refractivity contribution in [1.82, 2.24) is 4.57 Å². The highest BCUT2D eigenvalue weighted by molar-refractivity contribution is 6.08. The van der Waals surface area contributed by atoms with Crippen LogP contribution in [-0.2, 0) is 18.0 Å². The minimum Gasteiger partial charge on any atom is -0.341 e. The van der Waals surface area contributed by atoms with E-state index in [4.69, 9.17) is 10.7 Å². The Morgan fingerprint density at radius 2 is 1.83 bits per heavy atom. The maximum Gasteiger partial charge on any atom is 0.0930 e. The molecule has 2 aromatic carbocycles. The van der Waals surface area contributed by atoms with Crippen molar-refractivity contribution in [3.8, 4) is 0 Å². The molecule has 0 amide bonds. The number of nitrogens with zero attached hydrogens (tertiary/aromatic N) is 1. The van der Waals surface area contributed by atoms with Gasteiger partial charge in [0.05, 0.1) is 6.61 Å². The second kappa shape index (κ2) is 4.44. The molecule has 2 N–H and O–H groups in total. The zero-order valence-electron chi connectivity index (χ0n) is 10.4. The molecule has 0 unspecified atom stereocenters. The lowest BCUT2D eigenvalue weighted by Crippen LogP contribution is -1.98. The van der Waals surface area contributed by atoms with Gasteiger partial charge in [0.25, 0.3) is 0 Å². The molecule has 3 aromatic rings. The topological polar surface area (TPSA) is 40.2 Å². The smallest absolute Gasteiger partial charge is 0.0930 e. The first-order valence-corrected chi connectivity index (χ1v) is 6.16. The first-order chi connectivity index (χ1) is 8.85. The van der Waals surface area contributed by atoms with Crippen molar-refractivity contribution in [3.05, 3.63) is 48.0 Å². The largest absolute Gasteiger partial charge is 0.341 e. The third-order valence-electron chi connectivity index (χ3n) is 3.40. The van der Waals surface area contributed by atoms with Crippen molar-refractivity contribution in [2.24, 2.45) is 5.90 Å². The summed E-state index contributed by atoms with van der Waals surface area (Å²) in [5, 5.41) is 2.55. The molecular weight excluding hydrogens is 224 g/mol. The lowest BCUT2D eigenvalue weighted by Gasteiger charge is -2.03. The summed E-state index contributed by atoms with van der Waals surface area (Å²) in [4.78, 5) is 4.72. The van der Waals surface area contributed by atoms with E-state index in [1.165, 1.54) is 21.8 Å². The fourth-order valence-corrected chi connectivity index (χ4v) is 2.63. The van der Waals surface area contributed by atoms with E-state index in [1.54, 1.807) is 0 Å². The third kappa shape index (κ3) is 1.60. The van der Waals surface area contributed by atoms with Gasteiger partial charge in [-0.3, -0.25) is 4.84 Å².